The molecule has 0 spiro atoms. The fourth-order valence-corrected chi connectivity index (χ4v) is 7.80. The molecule has 14 heteroatoms. The summed E-state index contributed by atoms with van der Waals surface area (Å²) in [4.78, 5) is 26.7. The summed E-state index contributed by atoms with van der Waals surface area (Å²) in [5.41, 5.74) is 8.96. The summed E-state index contributed by atoms with van der Waals surface area (Å²) in [6.45, 7) is 34.8. The van der Waals surface area contributed by atoms with Gasteiger partial charge in [0, 0.05) is 102 Å². The highest BCUT2D eigenvalue weighted by molar-refractivity contribution is 5.80. The number of hydrogen-bond donors (Lipinski definition) is 0. The Morgan fingerprint density at radius 1 is 0.324 bits per heavy atom. The molecule has 0 aliphatic carbocycles. The zero-order chi connectivity index (χ0) is 48.4. The quantitative estimate of drug-likeness (QED) is 0.0393. The van der Waals surface area contributed by atoms with Crippen molar-refractivity contribution in [1.82, 2.24) is 4.90 Å². The van der Waals surface area contributed by atoms with Crippen LogP contribution >= 0.6 is 0 Å². The summed E-state index contributed by atoms with van der Waals surface area (Å²) in [5.74, 6) is 0. The molecule has 0 unspecified atom stereocenters. The Hall–Kier alpha value is -9.02. The Morgan fingerprint density at radius 3 is 0.750 bits per heavy atom. The van der Waals surface area contributed by atoms with Crippen molar-refractivity contribution in [3.63, 3.8) is 0 Å². The van der Waals surface area contributed by atoms with E-state index in [9.17, 15) is 21.0 Å². The summed E-state index contributed by atoms with van der Waals surface area (Å²) in [7, 11) is 0. The fourth-order valence-electron chi connectivity index (χ4n) is 7.80. The minimum absolute atomic E-state index is 0.318. The molecule has 0 bridgehead atoms. The molecule has 0 saturated heterocycles. The van der Waals surface area contributed by atoms with E-state index in [0.717, 1.165) is 56.9 Å². The van der Waals surface area contributed by atoms with Crippen LogP contribution in [0.15, 0.2) is 121 Å². The van der Waals surface area contributed by atoms with Crippen molar-refractivity contribution in [2.45, 2.75) is 25.7 Å². The van der Waals surface area contributed by atoms with E-state index in [-0.39, 0.29) is 0 Å². The smallest absolute Gasteiger partial charge is 0.231 e. The molecule has 0 heterocycles. The van der Waals surface area contributed by atoms with Crippen LogP contribution in [-0.2, 0) is 0 Å². The molecule has 5 aromatic carbocycles. The SMILES string of the molecule is [C-]#[N+]CCN(CCC#N)c1ccc(N(c2ccc(N(CCC#N)CC[N+]#[C-])cc2)c2ccc([N+](c3ccc(N(CCC#N)CC[N+]#[C-])cc3)c3ccc(N(CCC#N)CC[N+]#[C-])cc3)cc2)cc1. The normalized spacial score (nSPS) is 10.1. The van der Waals surface area contributed by atoms with Crippen LogP contribution in [0, 0.1) is 71.6 Å². The first kappa shape index (κ1) is 50.0. The number of rotatable bonds is 26. The van der Waals surface area contributed by atoms with Gasteiger partial charge in [0.1, 0.15) is 0 Å². The topological polar surface area (TPSA) is 135 Å². The van der Waals surface area contributed by atoms with E-state index < -0.39 is 0 Å². The van der Waals surface area contributed by atoms with Crippen LogP contribution in [0.25, 0.3) is 19.4 Å². The zero-order valence-corrected chi connectivity index (χ0v) is 38.1. The molecule has 0 aliphatic heterocycles. The number of nitrogens with zero attached hydrogens (tertiary/aromatic N) is 14. The summed E-state index contributed by atoms with van der Waals surface area (Å²) in [6, 6.07) is 49.6. The summed E-state index contributed by atoms with van der Waals surface area (Å²) in [6.07, 6.45) is 1.35. The molecular weight excluding hydrogens is 845 g/mol. The van der Waals surface area contributed by atoms with Gasteiger partial charge in [0.25, 0.3) is 0 Å². The second kappa shape index (κ2) is 27.3. The predicted octanol–water partition coefficient (Wildman–Crippen LogP) is 11.1. The van der Waals surface area contributed by atoms with E-state index in [4.69, 9.17) is 26.3 Å². The molecule has 14 nitrogen and oxygen atoms in total. The number of nitriles is 4. The average Bonchev–Trinajstić information content (AvgIpc) is 3.38. The molecule has 0 atom stereocenters. The minimum Gasteiger partial charge on any atom is -0.363 e. The lowest BCUT2D eigenvalue weighted by Gasteiger charge is -2.28. The molecule has 68 heavy (non-hydrogen) atoms. The van der Waals surface area contributed by atoms with E-state index >= 15 is 0 Å². The lowest BCUT2D eigenvalue weighted by Crippen LogP contribution is -2.27. The molecule has 5 aromatic rings. The lowest BCUT2D eigenvalue weighted by atomic mass is 10.1. The van der Waals surface area contributed by atoms with E-state index in [2.05, 4.69) is 97.3 Å². The van der Waals surface area contributed by atoms with Crippen molar-refractivity contribution in [3.8, 4) is 24.3 Å². The van der Waals surface area contributed by atoms with Crippen LogP contribution in [-0.4, -0.2) is 78.5 Å². The third-order valence-corrected chi connectivity index (χ3v) is 11.2. The van der Waals surface area contributed by atoms with Crippen molar-refractivity contribution in [1.29, 1.82) is 21.0 Å². The Labute approximate surface area is 401 Å². The van der Waals surface area contributed by atoms with Gasteiger partial charge < -0.3 is 43.9 Å². The van der Waals surface area contributed by atoms with Crippen molar-refractivity contribution in [3.05, 3.63) is 167 Å². The largest absolute Gasteiger partial charge is 0.363 e. The van der Waals surface area contributed by atoms with Gasteiger partial charge in [-0.25, -0.2) is 26.3 Å². The summed E-state index contributed by atoms with van der Waals surface area (Å²) < 4.78 is 0. The Bertz CT molecular complexity index is 2270. The fraction of sp³-hybridized carbons (Fsp3) is 0.296. The van der Waals surface area contributed by atoms with Gasteiger partial charge in [0.15, 0.2) is 17.1 Å². The second-order valence-electron chi connectivity index (χ2n) is 15.4. The molecule has 0 amide bonds. The number of anilines is 10. The maximum atomic E-state index is 9.33. The van der Waals surface area contributed by atoms with Gasteiger partial charge in [-0.2, -0.15) is 21.0 Å². The van der Waals surface area contributed by atoms with E-state index in [1.54, 1.807) is 0 Å². The van der Waals surface area contributed by atoms with E-state index in [0.29, 0.717) is 104 Å². The second-order valence-corrected chi connectivity index (χ2v) is 15.4. The average molecular weight is 897 g/mol. The molecule has 0 aromatic heterocycles. The van der Waals surface area contributed by atoms with Gasteiger partial charge >= 0.3 is 0 Å². The highest BCUT2D eigenvalue weighted by atomic mass is 15.2. The standard InChI is InChI=1S/C54H52N14/c1-59-33-41-63(37-5-29-55)45-9-17-49(18-10-45)67(50-19-11-46(12-20-50)64(38-6-30-56)42-34-60-2)53-25-27-54(28-26-53)68(51-21-13-47(14-22-51)65(39-7-31-57)43-35-61-3)52-23-15-48(16-24-52)66(40-8-32-58)44-36-62-4/h9-28H,5-8,33-44H2/q+1. The predicted molar refractivity (Wildman–Crippen MR) is 271 cm³/mol. The minimum atomic E-state index is 0.318. The first-order chi connectivity index (χ1) is 33.4. The monoisotopic (exact) mass is 896 g/mol. The molecule has 1 radical (unpaired) electrons. The van der Waals surface area contributed by atoms with Crippen molar-refractivity contribution in [2.75, 3.05) is 103 Å². The van der Waals surface area contributed by atoms with Crippen LogP contribution in [0.5, 0.6) is 0 Å². The zero-order valence-electron chi connectivity index (χ0n) is 38.1. The van der Waals surface area contributed by atoms with Crippen LogP contribution in [0.3, 0.4) is 0 Å². The third kappa shape index (κ3) is 14.0. The van der Waals surface area contributed by atoms with Gasteiger partial charge in [-0.1, -0.05) is 4.90 Å². The first-order valence-corrected chi connectivity index (χ1v) is 22.3. The highest BCUT2D eigenvalue weighted by Gasteiger charge is 2.28. The van der Waals surface area contributed by atoms with Crippen molar-refractivity contribution >= 4 is 56.9 Å². The molecule has 0 saturated carbocycles. The van der Waals surface area contributed by atoms with Crippen molar-refractivity contribution < 1.29 is 0 Å². The molecule has 5 rings (SSSR count). The van der Waals surface area contributed by atoms with Crippen LogP contribution < -0.4 is 29.4 Å². The van der Waals surface area contributed by atoms with E-state index in [1.165, 1.54) is 0 Å². The molecule has 0 aliphatic rings. The molecule has 0 fully saturated rings. The van der Waals surface area contributed by atoms with E-state index in [1.807, 2.05) is 97.1 Å². The Kier molecular flexibility index (Phi) is 20.1. The first-order valence-electron chi connectivity index (χ1n) is 22.3. The molecular formula is C54H52N14+. The van der Waals surface area contributed by atoms with Crippen LogP contribution in [0.4, 0.5) is 56.9 Å². The van der Waals surface area contributed by atoms with Crippen molar-refractivity contribution in [2.24, 2.45) is 0 Å². The number of benzene rings is 5. The Balaban J connectivity index is 1.59. The van der Waals surface area contributed by atoms with Gasteiger partial charge in [0.2, 0.25) is 26.2 Å². The molecule has 337 valence electrons. The highest BCUT2D eigenvalue weighted by Crippen LogP contribution is 2.40. The van der Waals surface area contributed by atoms with Gasteiger partial charge in [-0.3, -0.25) is 0 Å². The van der Waals surface area contributed by atoms with Gasteiger partial charge in [-0.15, -0.1) is 0 Å². The maximum Gasteiger partial charge on any atom is 0.231 e. The van der Waals surface area contributed by atoms with Gasteiger partial charge in [-0.05, 0) is 84.9 Å². The number of hydrogen-bond acceptors (Lipinski definition) is 10. The van der Waals surface area contributed by atoms with Crippen LogP contribution in [0.1, 0.15) is 25.7 Å². The third-order valence-electron chi connectivity index (χ3n) is 11.2. The summed E-state index contributed by atoms with van der Waals surface area (Å²) in [5, 5.41) is 37.3. The summed E-state index contributed by atoms with van der Waals surface area (Å²) >= 11 is 0. The lowest BCUT2D eigenvalue weighted by molar-refractivity contribution is 0.813. The molecule has 0 N–H and O–H groups in total. The van der Waals surface area contributed by atoms with Gasteiger partial charge in [0.05, 0.1) is 76.1 Å². The Morgan fingerprint density at radius 2 is 0.529 bits per heavy atom. The van der Waals surface area contributed by atoms with Crippen LogP contribution in [0.2, 0.25) is 0 Å². The maximum absolute atomic E-state index is 9.33.